The first kappa shape index (κ1) is 14.4. The Morgan fingerprint density at radius 3 is 2.25 bits per heavy atom. The number of rotatable bonds is 7. The molecule has 20 heavy (non-hydrogen) atoms. The molecule has 0 aliphatic heterocycles. The van der Waals surface area contributed by atoms with E-state index in [1.54, 1.807) is 7.11 Å². The molecule has 0 aliphatic carbocycles. The summed E-state index contributed by atoms with van der Waals surface area (Å²) in [5, 5.41) is 3.44. The molecule has 1 atom stereocenters. The number of methoxy groups -OCH3 is 1. The van der Waals surface area contributed by atoms with Gasteiger partial charge in [-0.25, -0.2) is 0 Å². The molecule has 0 saturated heterocycles. The van der Waals surface area contributed by atoms with Crippen molar-refractivity contribution in [2.24, 2.45) is 0 Å². The van der Waals surface area contributed by atoms with Gasteiger partial charge in [-0.05, 0) is 36.8 Å². The quantitative estimate of drug-likeness (QED) is 0.783. The minimum atomic E-state index is 0.329. The predicted octanol–water partition coefficient (Wildman–Crippen LogP) is 3.42. The zero-order valence-corrected chi connectivity index (χ0v) is 12.0. The summed E-state index contributed by atoms with van der Waals surface area (Å²) in [6, 6.07) is 18.4. The first-order valence-corrected chi connectivity index (χ1v) is 6.85. The molecular formula is C17H21NO2. The van der Waals surface area contributed by atoms with Gasteiger partial charge in [0.05, 0.1) is 7.11 Å². The highest BCUT2D eigenvalue weighted by atomic mass is 16.5. The van der Waals surface area contributed by atoms with Gasteiger partial charge in [0, 0.05) is 12.6 Å². The Hall–Kier alpha value is -2.00. The van der Waals surface area contributed by atoms with Crippen LogP contribution in [0.2, 0.25) is 0 Å². The van der Waals surface area contributed by atoms with Crippen LogP contribution >= 0.6 is 0 Å². The van der Waals surface area contributed by atoms with Gasteiger partial charge in [0.15, 0.2) is 0 Å². The maximum atomic E-state index is 5.67. The van der Waals surface area contributed by atoms with Crippen molar-refractivity contribution < 1.29 is 9.47 Å². The molecular weight excluding hydrogens is 250 g/mol. The summed E-state index contributed by atoms with van der Waals surface area (Å²) in [5.74, 6) is 1.70. The lowest BCUT2D eigenvalue weighted by Gasteiger charge is -2.14. The molecule has 3 nitrogen and oxygen atoms in total. The molecule has 0 saturated carbocycles. The highest BCUT2D eigenvalue weighted by Crippen LogP contribution is 2.17. The molecule has 0 aromatic heterocycles. The van der Waals surface area contributed by atoms with E-state index in [0.717, 1.165) is 18.0 Å². The lowest BCUT2D eigenvalue weighted by atomic mass is 10.1. The number of ether oxygens (including phenoxy) is 2. The van der Waals surface area contributed by atoms with Crippen LogP contribution < -0.4 is 14.8 Å². The molecule has 0 spiro atoms. The van der Waals surface area contributed by atoms with Gasteiger partial charge in [0.2, 0.25) is 0 Å². The number of benzene rings is 2. The number of nitrogens with one attached hydrogen (secondary N) is 1. The van der Waals surface area contributed by atoms with Crippen LogP contribution in [0.3, 0.4) is 0 Å². The zero-order valence-electron chi connectivity index (χ0n) is 12.0. The van der Waals surface area contributed by atoms with E-state index in [1.165, 1.54) is 5.56 Å². The van der Waals surface area contributed by atoms with Crippen LogP contribution in [-0.4, -0.2) is 20.3 Å². The maximum absolute atomic E-state index is 5.67. The topological polar surface area (TPSA) is 30.5 Å². The van der Waals surface area contributed by atoms with Gasteiger partial charge in [-0.1, -0.05) is 30.3 Å². The fourth-order valence-electron chi connectivity index (χ4n) is 1.98. The van der Waals surface area contributed by atoms with Gasteiger partial charge in [-0.3, -0.25) is 0 Å². The molecule has 0 amide bonds. The minimum Gasteiger partial charge on any atom is -0.497 e. The van der Waals surface area contributed by atoms with E-state index < -0.39 is 0 Å². The van der Waals surface area contributed by atoms with Crippen molar-refractivity contribution in [3.8, 4) is 11.5 Å². The van der Waals surface area contributed by atoms with Crippen molar-refractivity contribution in [2.75, 3.05) is 20.3 Å². The standard InChI is InChI=1S/C17H21NO2/c1-14(15-6-4-3-5-7-15)18-12-13-20-17-10-8-16(19-2)9-11-17/h3-11,14,18H,12-13H2,1-2H3/t14-/m1/s1. The maximum Gasteiger partial charge on any atom is 0.119 e. The third-order valence-corrected chi connectivity index (χ3v) is 3.18. The molecule has 0 radical (unpaired) electrons. The van der Waals surface area contributed by atoms with Crippen molar-refractivity contribution in [3.63, 3.8) is 0 Å². The molecule has 2 aromatic rings. The second-order valence-corrected chi connectivity index (χ2v) is 4.61. The third-order valence-electron chi connectivity index (χ3n) is 3.18. The molecule has 0 heterocycles. The lowest BCUT2D eigenvalue weighted by molar-refractivity contribution is 0.307. The first-order valence-electron chi connectivity index (χ1n) is 6.85. The van der Waals surface area contributed by atoms with Crippen molar-refractivity contribution >= 4 is 0 Å². The molecule has 3 heteroatoms. The molecule has 0 unspecified atom stereocenters. The Morgan fingerprint density at radius 1 is 0.950 bits per heavy atom. The monoisotopic (exact) mass is 271 g/mol. The Bertz CT molecular complexity index is 496. The van der Waals surface area contributed by atoms with Crippen LogP contribution in [0.15, 0.2) is 54.6 Å². The van der Waals surface area contributed by atoms with Crippen LogP contribution in [0.4, 0.5) is 0 Å². The molecule has 106 valence electrons. The molecule has 0 fully saturated rings. The van der Waals surface area contributed by atoms with Crippen molar-refractivity contribution in [1.82, 2.24) is 5.32 Å². The fourth-order valence-corrected chi connectivity index (χ4v) is 1.98. The largest absolute Gasteiger partial charge is 0.497 e. The average molecular weight is 271 g/mol. The van der Waals surface area contributed by atoms with Crippen LogP contribution in [0.1, 0.15) is 18.5 Å². The highest BCUT2D eigenvalue weighted by molar-refractivity contribution is 5.31. The average Bonchev–Trinajstić information content (AvgIpc) is 2.53. The Kier molecular flexibility index (Phi) is 5.44. The van der Waals surface area contributed by atoms with E-state index in [-0.39, 0.29) is 0 Å². The number of hydrogen-bond acceptors (Lipinski definition) is 3. The third kappa shape index (κ3) is 4.28. The smallest absolute Gasteiger partial charge is 0.119 e. The van der Waals surface area contributed by atoms with E-state index in [1.807, 2.05) is 30.3 Å². The van der Waals surface area contributed by atoms with E-state index in [4.69, 9.17) is 9.47 Å². The van der Waals surface area contributed by atoms with Gasteiger partial charge < -0.3 is 14.8 Å². The SMILES string of the molecule is COc1ccc(OCCN[C@H](C)c2ccccc2)cc1. The summed E-state index contributed by atoms with van der Waals surface area (Å²) in [7, 11) is 1.66. The second kappa shape index (κ2) is 7.56. The summed E-state index contributed by atoms with van der Waals surface area (Å²) < 4.78 is 10.8. The summed E-state index contributed by atoms with van der Waals surface area (Å²) in [5.41, 5.74) is 1.29. The first-order chi connectivity index (χ1) is 9.79. The molecule has 2 rings (SSSR count). The molecule has 1 N–H and O–H groups in total. The van der Waals surface area contributed by atoms with Gasteiger partial charge in [0.25, 0.3) is 0 Å². The molecule has 2 aromatic carbocycles. The normalized spacial score (nSPS) is 11.9. The highest BCUT2D eigenvalue weighted by Gasteiger charge is 2.03. The van der Waals surface area contributed by atoms with E-state index >= 15 is 0 Å². The van der Waals surface area contributed by atoms with Gasteiger partial charge in [-0.2, -0.15) is 0 Å². The second-order valence-electron chi connectivity index (χ2n) is 4.61. The van der Waals surface area contributed by atoms with E-state index in [0.29, 0.717) is 12.6 Å². The zero-order chi connectivity index (χ0) is 14.2. The summed E-state index contributed by atoms with van der Waals surface area (Å²) in [6.07, 6.45) is 0. The lowest BCUT2D eigenvalue weighted by Crippen LogP contribution is -2.24. The van der Waals surface area contributed by atoms with Gasteiger partial charge in [-0.15, -0.1) is 0 Å². The van der Waals surface area contributed by atoms with Crippen molar-refractivity contribution in [3.05, 3.63) is 60.2 Å². The van der Waals surface area contributed by atoms with Crippen molar-refractivity contribution in [1.29, 1.82) is 0 Å². The minimum absolute atomic E-state index is 0.329. The van der Waals surface area contributed by atoms with Crippen molar-refractivity contribution in [2.45, 2.75) is 13.0 Å². The predicted molar refractivity (Wildman–Crippen MR) is 81.3 cm³/mol. The van der Waals surface area contributed by atoms with E-state index in [2.05, 4.69) is 36.5 Å². The molecule has 0 aliphatic rings. The molecule has 0 bridgehead atoms. The summed E-state index contributed by atoms with van der Waals surface area (Å²) >= 11 is 0. The van der Waals surface area contributed by atoms with Crippen LogP contribution in [0.5, 0.6) is 11.5 Å². The van der Waals surface area contributed by atoms with Crippen LogP contribution in [0, 0.1) is 0 Å². The van der Waals surface area contributed by atoms with Gasteiger partial charge in [0.1, 0.15) is 18.1 Å². The summed E-state index contributed by atoms with van der Waals surface area (Å²) in [4.78, 5) is 0. The Labute approximate surface area is 120 Å². The number of hydrogen-bond donors (Lipinski definition) is 1. The Balaban J connectivity index is 1.70. The van der Waals surface area contributed by atoms with Gasteiger partial charge >= 0.3 is 0 Å². The van der Waals surface area contributed by atoms with E-state index in [9.17, 15) is 0 Å². The summed E-state index contributed by atoms with van der Waals surface area (Å²) in [6.45, 7) is 3.61. The fraction of sp³-hybridized carbons (Fsp3) is 0.294. The Morgan fingerprint density at radius 2 is 1.60 bits per heavy atom. The van der Waals surface area contributed by atoms with Crippen LogP contribution in [0.25, 0.3) is 0 Å². The van der Waals surface area contributed by atoms with Crippen LogP contribution in [-0.2, 0) is 0 Å².